The zero-order valence-corrected chi connectivity index (χ0v) is 20.5. The molecule has 7 heteroatoms. The van der Waals surface area contributed by atoms with E-state index in [2.05, 4.69) is 62.3 Å². The predicted molar refractivity (Wildman–Crippen MR) is 139 cm³/mol. The van der Waals surface area contributed by atoms with Crippen molar-refractivity contribution in [3.05, 3.63) is 64.8 Å². The van der Waals surface area contributed by atoms with Gasteiger partial charge in [-0.2, -0.15) is 0 Å². The topological polar surface area (TPSA) is 43.9 Å². The Labute approximate surface area is 206 Å². The number of ether oxygens (including phenoxy) is 1. The maximum atomic E-state index is 6.43. The number of hydrogen-bond donors (Lipinski definition) is 1. The molecule has 0 bridgehead atoms. The first-order valence-corrected chi connectivity index (χ1v) is 12.8. The second-order valence-electron chi connectivity index (χ2n) is 9.80. The van der Waals surface area contributed by atoms with Crippen molar-refractivity contribution in [2.45, 2.75) is 32.2 Å². The molecule has 1 aromatic heterocycles. The van der Waals surface area contributed by atoms with Gasteiger partial charge in [-0.3, -0.25) is 9.88 Å². The van der Waals surface area contributed by atoms with Crippen LogP contribution in [0, 0.1) is 0 Å². The Kier molecular flexibility index (Phi) is 6.08. The molecule has 4 heterocycles. The van der Waals surface area contributed by atoms with E-state index in [1.165, 1.54) is 22.5 Å². The molecule has 1 N–H and O–H groups in total. The highest BCUT2D eigenvalue weighted by atomic mass is 35.5. The van der Waals surface area contributed by atoms with Crippen LogP contribution in [0.4, 0.5) is 11.4 Å². The van der Waals surface area contributed by atoms with Crippen LogP contribution in [0.15, 0.2) is 48.7 Å². The standard InChI is InChI=1S/C27H32ClN5O/c1-19-14-33(26-7-6-25(28)27-24(26)3-2-8-30-27)18-23(34-19)17-31-15-20-4-5-22(13-21(20)16-31)32-11-9-29-10-12-32/h2-8,13,19,23,29H,9-12,14-18H2,1H3/t19-,23+/m1/s1. The van der Waals surface area contributed by atoms with Crippen LogP contribution in [0.2, 0.25) is 5.02 Å². The molecule has 3 aromatic rings. The highest BCUT2D eigenvalue weighted by Crippen LogP contribution is 2.33. The van der Waals surface area contributed by atoms with Crippen LogP contribution in [-0.2, 0) is 17.8 Å². The molecule has 2 atom stereocenters. The van der Waals surface area contributed by atoms with Gasteiger partial charge < -0.3 is 19.9 Å². The number of fused-ring (bicyclic) bond motifs is 2. The van der Waals surface area contributed by atoms with Crippen molar-refractivity contribution in [3.63, 3.8) is 0 Å². The molecule has 6 nitrogen and oxygen atoms in total. The van der Waals surface area contributed by atoms with Gasteiger partial charge in [0.25, 0.3) is 0 Å². The number of pyridine rings is 1. The molecule has 3 aliphatic heterocycles. The number of aromatic nitrogens is 1. The molecule has 0 radical (unpaired) electrons. The maximum Gasteiger partial charge on any atom is 0.0908 e. The molecule has 2 aromatic carbocycles. The lowest BCUT2D eigenvalue weighted by molar-refractivity contribution is -0.0329. The van der Waals surface area contributed by atoms with E-state index < -0.39 is 0 Å². The minimum absolute atomic E-state index is 0.160. The quantitative estimate of drug-likeness (QED) is 0.614. The summed E-state index contributed by atoms with van der Waals surface area (Å²) in [6, 6.07) is 15.2. The third kappa shape index (κ3) is 4.36. The number of nitrogens with one attached hydrogen (secondary N) is 1. The van der Waals surface area contributed by atoms with Crippen LogP contribution in [0.3, 0.4) is 0 Å². The summed E-state index contributed by atoms with van der Waals surface area (Å²) in [5, 5.41) is 5.25. The lowest BCUT2D eigenvalue weighted by Crippen LogP contribution is -2.50. The summed E-state index contributed by atoms with van der Waals surface area (Å²) < 4.78 is 6.41. The first kappa shape index (κ1) is 22.1. The summed E-state index contributed by atoms with van der Waals surface area (Å²) in [6.45, 7) is 11.1. The Balaban J connectivity index is 1.16. The third-order valence-electron chi connectivity index (χ3n) is 7.29. The highest BCUT2D eigenvalue weighted by molar-refractivity contribution is 6.35. The van der Waals surface area contributed by atoms with Crippen LogP contribution in [0.5, 0.6) is 0 Å². The molecule has 0 unspecified atom stereocenters. The van der Waals surface area contributed by atoms with Crippen molar-refractivity contribution in [2.75, 3.05) is 55.6 Å². The number of halogens is 1. The van der Waals surface area contributed by atoms with E-state index >= 15 is 0 Å². The van der Waals surface area contributed by atoms with E-state index in [1.54, 1.807) is 6.20 Å². The molecule has 2 fully saturated rings. The lowest BCUT2D eigenvalue weighted by atomic mass is 10.1. The van der Waals surface area contributed by atoms with Crippen LogP contribution in [0.1, 0.15) is 18.1 Å². The molecule has 6 rings (SSSR count). The molecule has 3 aliphatic rings. The van der Waals surface area contributed by atoms with Crippen LogP contribution in [0.25, 0.3) is 10.9 Å². The van der Waals surface area contributed by atoms with Gasteiger partial charge in [0.2, 0.25) is 0 Å². The smallest absolute Gasteiger partial charge is 0.0908 e. The minimum Gasteiger partial charge on any atom is -0.370 e. The van der Waals surface area contributed by atoms with Crippen LogP contribution in [-0.4, -0.2) is 67.9 Å². The monoisotopic (exact) mass is 477 g/mol. The van der Waals surface area contributed by atoms with Gasteiger partial charge >= 0.3 is 0 Å². The third-order valence-corrected chi connectivity index (χ3v) is 7.59. The summed E-state index contributed by atoms with van der Waals surface area (Å²) >= 11 is 6.43. The average molecular weight is 478 g/mol. The van der Waals surface area contributed by atoms with Gasteiger partial charge in [0, 0.05) is 81.9 Å². The SMILES string of the molecule is C[C@@H]1CN(c2ccc(Cl)c3ncccc23)C[C@H](CN2Cc3ccc(N4CCNCC4)cc3C2)O1. The summed E-state index contributed by atoms with van der Waals surface area (Å²) in [4.78, 5) is 12.0. The summed E-state index contributed by atoms with van der Waals surface area (Å²) in [7, 11) is 0. The number of piperazine rings is 1. The first-order chi connectivity index (χ1) is 16.6. The van der Waals surface area contributed by atoms with Gasteiger partial charge in [-0.1, -0.05) is 17.7 Å². The van der Waals surface area contributed by atoms with E-state index in [0.717, 1.165) is 69.8 Å². The van der Waals surface area contributed by atoms with Crippen molar-refractivity contribution in [1.29, 1.82) is 0 Å². The summed E-state index contributed by atoms with van der Waals surface area (Å²) in [5.41, 5.74) is 6.34. The maximum absolute atomic E-state index is 6.43. The van der Waals surface area contributed by atoms with Gasteiger partial charge in [0.05, 0.1) is 22.7 Å². The molecular weight excluding hydrogens is 446 g/mol. The molecule has 0 saturated carbocycles. The largest absolute Gasteiger partial charge is 0.370 e. The second-order valence-corrected chi connectivity index (χ2v) is 10.2. The molecule has 0 spiro atoms. The normalized spacial score (nSPS) is 23.5. The molecule has 0 amide bonds. The van der Waals surface area contributed by atoms with E-state index in [1.807, 2.05) is 12.1 Å². The van der Waals surface area contributed by atoms with Crippen molar-refractivity contribution in [1.82, 2.24) is 15.2 Å². The molecule has 0 aliphatic carbocycles. The number of rotatable bonds is 4. The Morgan fingerprint density at radius 2 is 1.88 bits per heavy atom. The van der Waals surface area contributed by atoms with Gasteiger partial charge in [-0.15, -0.1) is 0 Å². The number of hydrogen-bond acceptors (Lipinski definition) is 6. The Hall–Kier alpha value is -2.38. The van der Waals surface area contributed by atoms with E-state index in [0.29, 0.717) is 5.02 Å². The predicted octanol–water partition coefficient (Wildman–Crippen LogP) is 3.91. The highest BCUT2D eigenvalue weighted by Gasteiger charge is 2.30. The van der Waals surface area contributed by atoms with Gasteiger partial charge in [-0.05, 0) is 54.4 Å². The number of anilines is 2. The Bertz CT molecular complexity index is 1180. The zero-order valence-electron chi connectivity index (χ0n) is 19.7. The lowest BCUT2D eigenvalue weighted by Gasteiger charge is -2.40. The fourth-order valence-corrected chi connectivity index (χ4v) is 5.94. The molecule has 178 valence electrons. The number of nitrogens with zero attached hydrogens (tertiary/aromatic N) is 4. The van der Waals surface area contributed by atoms with Crippen LogP contribution < -0.4 is 15.1 Å². The summed E-state index contributed by atoms with van der Waals surface area (Å²) in [6.07, 6.45) is 2.14. The average Bonchev–Trinajstić information content (AvgIpc) is 3.26. The van der Waals surface area contributed by atoms with E-state index in [4.69, 9.17) is 16.3 Å². The molecule has 2 saturated heterocycles. The van der Waals surface area contributed by atoms with Gasteiger partial charge in [0.1, 0.15) is 0 Å². The van der Waals surface area contributed by atoms with Crippen molar-refractivity contribution < 1.29 is 4.74 Å². The van der Waals surface area contributed by atoms with Crippen molar-refractivity contribution in [3.8, 4) is 0 Å². The fourth-order valence-electron chi connectivity index (χ4n) is 5.73. The fraction of sp³-hybridized carbons (Fsp3) is 0.444. The first-order valence-electron chi connectivity index (χ1n) is 12.4. The minimum atomic E-state index is 0.160. The molecular formula is C27H32ClN5O. The van der Waals surface area contributed by atoms with E-state index in [-0.39, 0.29) is 12.2 Å². The van der Waals surface area contributed by atoms with Crippen LogP contribution >= 0.6 is 11.6 Å². The second kappa shape index (κ2) is 9.34. The van der Waals surface area contributed by atoms with Crippen molar-refractivity contribution in [2.24, 2.45) is 0 Å². The van der Waals surface area contributed by atoms with E-state index in [9.17, 15) is 0 Å². The van der Waals surface area contributed by atoms with Gasteiger partial charge in [0.15, 0.2) is 0 Å². The van der Waals surface area contributed by atoms with Gasteiger partial charge in [-0.25, -0.2) is 0 Å². The molecule has 34 heavy (non-hydrogen) atoms. The number of morpholine rings is 1. The summed E-state index contributed by atoms with van der Waals surface area (Å²) in [5.74, 6) is 0. The Morgan fingerprint density at radius 3 is 2.76 bits per heavy atom. The Morgan fingerprint density at radius 1 is 1.03 bits per heavy atom. The zero-order chi connectivity index (χ0) is 23.1. The van der Waals surface area contributed by atoms with Crippen molar-refractivity contribution >= 4 is 33.9 Å². The number of benzene rings is 2.